The van der Waals surface area contributed by atoms with Crippen LogP contribution in [0, 0.1) is 6.92 Å². The number of thiazole rings is 1. The Morgan fingerprint density at radius 3 is 2.55 bits per heavy atom. The van der Waals surface area contributed by atoms with Crippen LogP contribution < -0.4 is 19.5 Å². The topological polar surface area (TPSA) is 95.5 Å². The monoisotopic (exact) mass is 462 g/mol. The number of aryl methyl sites for hydroxylation is 1. The maximum Gasteiger partial charge on any atom is 0.321 e. The van der Waals surface area contributed by atoms with Gasteiger partial charge in [0.25, 0.3) is 0 Å². The van der Waals surface area contributed by atoms with Crippen molar-refractivity contribution < 1.29 is 19.0 Å². The predicted molar refractivity (Wildman–Crippen MR) is 126 cm³/mol. The first-order chi connectivity index (χ1) is 16.1. The molecule has 0 radical (unpaired) electrons. The molecule has 168 valence electrons. The zero-order valence-corrected chi connectivity index (χ0v) is 19.2. The standard InChI is InChI=1S/C24H22N4O4S/c1-15-11-18(32-24-25-9-4-10-26-24)6-7-19(15)28-22(29)13-17-14-33-23(27-17)16-5-8-20(30-2)21(12-16)31-3/h4-12,14H,13H2,1-3H3,(H,28,29). The van der Waals surface area contributed by atoms with Gasteiger partial charge in [0, 0.05) is 29.0 Å². The molecule has 0 saturated heterocycles. The summed E-state index contributed by atoms with van der Waals surface area (Å²) in [5, 5.41) is 5.62. The molecule has 4 rings (SSSR count). The van der Waals surface area contributed by atoms with Gasteiger partial charge in [-0.1, -0.05) is 0 Å². The maximum absolute atomic E-state index is 12.6. The number of rotatable bonds is 8. The Morgan fingerprint density at radius 2 is 1.82 bits per heavy atom. The molecule has 0 aliphatic rings. The van der Waals surface area contributed by atoms with Crippen molar-refractivity contribution in [3.8, 4) is 33.8 Å². The van der Waals surface area contributed by atoms with Crippen LogP contribution in [0.2, 0.25) is 0 Å². The molecule has 0 bridgehead atoms. The summed E-state index contributed by atoms with van der Waals surface area (Å²) in [7, 11) is 3.19. The number of carbonyl (C=O) groups excluding carboxylic acids is 1. The molecule has 1 N–H and O–H groups in total. The third kappa shape index (κ3) is 5.45. The molecule has 2 heterocycles. The van der Waals surface area contributed by atoms with Crippen LogP contribution in [0.5, 0.6) is 23.3 Å². The fourth-order valence-electron chi connectivity index (χ4n) is 3.13. The van der Waals surface area contributed by atoms with Gasteiger partial charge >= 0.3 is 6.01 Å². The number of aromatic nitrogens is 3. The fraction of sp³-hybridized carbons (Fsp3) is 0.167. The summed E-state index contributed by atoms with van der Waals surface area (Å²) in [6.45, 7) is 1.90. The van der Waals surface area contributed by atoms with E-state index in [4.69, 9.17) is 14.2 Å². The summed E-state index contributed by atoms with van der Waals surface area (Å²) in [5.41, 5.74) is 3.16. The normalized spacial score (nSPS) is 10.5. The number of methoxy groups -OCH3 is 2. The van der Waals surface area contributed by atoms with Crippen LogP contribution in [0.4, 0.5) is 5.69 Å². The van der Waals surface area contributed by atoms with Crippen LogP contribution in [0.15, 0.2) is 60.2 Å². The molecule has 9 heteroatoms. The lowest BCUT2D eigenvalue weighted by Crippen LogP contribution is -2.15. The Kier molecular flexibility index (Phi) is 6.80. The SMILES string of the molecule is COc1ccc(-c2nc(CC(=O)Nc3ccc(Oc4ncccn4)cc3C)cs2)cc1OC. The van der Waals surface area contributed by atoms with E-state index in [0.717, 1.165) is 16.1 Å². The molecule has 8 nitrogen and oxygen atoms in total. The van der Waals surface area contributed by atoms with Crippen LogP contribution in [0.3, 0.4) is 0 Å². The summed E-state index contributed by atoms with van der Waals surface area (Å²) >= 11 is 1.47. The summed E-state index contributed by atoms with van der Waals surface area (Å²) in [4.78, 5) is 25.3. The second-order valence-electron chi connectivity index (χ2n) is 7.05. The highest BCUT2D eigenvalue weighted by molar-refractivity contribution is 7.13. The minimum absolute atomic E-state index is 0.151. The number of hydrogen-bond acceptors (Lipinski definition) is 8. The van der Waals surface area contributed by atoms with Gasteiger partial charge < -0.3 is 19.5 Å². The molecule has 0 aliphatic carbocycles. The molecule has 0 unspecified atom stereocenters. The van der Waals surface area contributed by atoms with E-state index < -0.39 is 0 Å². The predicted octanol–water partition coefficient (Wildman–Crippen LogP) is 4.90. The summed E-state index contributed by atoms with van der Waals surface area (Å²) in [6, 6.07) is 13.0. The Labute approximate surface area is 195 Å². The van der Waals surface area contributed by atoms with Crippen molar-refractivity contribution in [3.05, 3.63) is 71.5 Å². The molecular weight excluding hydrogens is 440 g/mol. The van der Waals surface area contributed by atoms with Crippen LogP contribution in [-0.4, -0.2) is 35.1 Å². The quantitative estimate of drug-likeness (QED) is 0.398. The van der Waals surface area contributed by atoms with E-state index in [1.807, 2.05) is 36.6 Å². The number of amides is 1. The van der Waals surface area contributed by atoms with E-state index in [0.29, 0.717) is 28.6 Å². The molecular formula is C24H22N4O4S. The van der Waals surface area contributed by atoms with Gasteiger partial charge in [-0.3, -0.25) is 4.79 Å². The fourth-order valence-corrected chi connectivity index (χ4v) is 3.95. The number of hydrogen-bond donors (Lipinski definition) is 1. The van der Waals surface area contributed by atoms with Crippen molar-refractivity contribution in [1.82, 2.24) is 15.0 Å². The molecule has 2 aromatic heterocycles. The number of nitrogens with zero attached hydrogens (tertiary/aromatic N) is 3. The summed E-state index contributed by atoms with van der Waals surface area (Å²) in [5.74, 6) is 1.73. The van der Waals surface area contributed by atoms with Gasteiger partial charge in [-0.05, 0) is 55.0 Å². The van der Waals surface area contributed by atoms with Gasteiger partial charge in [0.1, 0.15) is 10.8 Å². The minimum atomic E-state index is -0.151. The van der Waals surface area contributed by atoms with E-state index in [-0.39, 0.29) is 18.3 Å². The summed E-state index contributed by atoms with van der Waals surface area (Å²) < 4.78 is 16.3. The minimum Gasteiger partial charge on any atom is -0.493 e. The first kappa shape index (κ1) is 22.2. The number of carbonyl (C=O) groups is 1. The van der Waals surface area contributed by atoms with Crippen molar-refractivity contribution in [1.29, 1.82) is 0 Å². The number of ether oxygens (including phenoxy) is 3. The Balaban J connectivity index is 1.40. The average molecular weight is 463 g/mol. The van der Waals surface area contributed by atoms with E-state index in [2.05, 4.69) is 20.3 Å². The van der Waals surface area contributed by atoms with Gasteiger partial charge in [0.15, 0.2) is 11.5 Å². The summed E-state index contributed by atoms with van der Waals surface area (Å²) in [6.07, 6.45) is 3.39. The molecule has 0 fully saturated rings. The molecule has 1 amide bonds. The molecule has 0 atom stereocenters. The third-order valence-electron chi connectivity index (χ3n) is 4.75. The lowest BCUT2D eigenvalue weighted by atomic mass is 10.2. The zero-order chi connectivity index (χ0) is 23.2. The van der Waals surface area contributed by atoms with Crippen molar-refractivity contribution in [3.63, 3.8) is 0 Å². The second kappa shape index (κ2) is 10.1. The second-order valence-corrected chi connectivity index (χ2v) is 7.91. The van der Waals surface area contributed by atoms with Crippen molar-refractivity contribution in [2.45, 2.75) is 13.3 Å². The van der Waals surface area contributed by atoms with Crippen LogP contribution in [-0.2, 0) is 11.2 Å². The van der Waals surface area contributed by atoms with Crippen molar-refractivity contribution >= 4 is 22.9 Å². The Morgan fingerprint density at radius 1 is 1.03 bits per heavy atom. The third-order valence-corrected chi connectivity index (χ3v) is 5.69. The van der Waals surface area contributed by atoms with Crippen molar-refractivity contribution in [2.24, 2.45) is 0 Å². The molecule has 0 aliphatic heterocycles. The highest BCUT2D eigenvalue weighted by Gasteiger charge is 2.13. The lowest BCUT2D eigenvalue weighted by Gasteiger charge is -2.10. The molecule has 2 aromatic carbocycles. The highest BCUT2D eigenvalue weighted by Crippen LogP contribution is 2.33. The Hall–Kier alpha value is -3.98. The smallest absolute Gasteiger partial charge is 0.321 e. The first-order valence-electron chi connectivity index (χ1n) is 10.1. The zero-order valence-electron chi connectivity index (χ0n) is 18.4. The molecule has 0 saturated carbocycles. The van der Waals surface area contributed by atoms with Gasteiger partial charge in [0.2, 0.25) is 5.91 Å². The van der Waals surface area contributed by atoms with E-state index >= 15 is 0 Å². The molecule has 4 aromatic rings. The van der Waals surface area contributed by atoms with Gasteiger partial charge in [-0.15, -0.1) is 11.3 Å². The number of nitrogens with one attached hydrogen (secondary N) is 1. The largest absolute Gasteiger partial charge is 0.493 e. The highest BCUT2D eigenvalue weighted by atomic mass is 32.1. The van der Waals surface area contributed by atoms with Crippen molar-refractivity contribution in [2.75, 3.05) is 19.5 Å². The van der Waals surface area contributed by atoms with Crippen LogP contribution in [0.25, 0.3) is 10.6 Å². The van der Waals surface area contributed by atoms with Crippen LogP contribution in [0.1, 0.15) is 11.3 Å². The van der Waals surface area contributed by atoms with Gasteiger partial charge in [0.05, 0.1) is 26.3 Å². The van der Waals surface area contributed by atoms with Gasteiger partial charge in [-0.25, -0.2) is 15.0 Å². The number of anilines is 1. The van der Waals surface area contributed by atoms with E-state index in [9.17, 15) is 4.79 Å². The lowest BCUT2D eigenvalue weighted by molar-refractivity contribution is -0.115. The number of benzene rings is 2. The Bertz CT molecular complexity index is 1260. The van der Waals surface area contributed by atoms with E-state index in [1.165, 1.54) is 11.3 Å². The molecule has 0 spiro atoms. The first-order valence-corrected chi connectivity index (χ1v) is 11.0. The van der Waals surface area contributed by atoms with Crippen LogP contribution >= 0.6 is 11.3 Å². The average Bonchev–Trinajstić information content (AvgIpc) is 3.29. The van der Waals surface area contributed by atoms with E-state index in [1.54, 1.807) is 44.8 Å². The maximum atomic E-state index is 12.6. The van der Waals surface area contributed by atoms with Gasteiger partial charge in [-0.2, -0.15) is 0 Å². The molecule has 33 heavy (non-hydrogen) atoms.